The third-order valence-electron chi connectivity index (χ3n) is 6.66. The number of amides is 3. The van der Waals surface area contributed by atoms with Gasteiger partial charge in [0.15, 0.2) is 0 Å². The summed E-state index contributed by atoms with van der Waals surface area (Å²) in [5, 5.41) is 3.31. The van der Waals surface area contributed by atoms with Crippen molar-refractivity contribution >= 4 is 67.8 Å². The number of nitrogens with zero attached hydrogens (tertiary/aromatic N) is 2. The number of rotatable bonds is 7. The number of piperidine rings is 1. The average Bonchev–Trinajstić information content (AvgIpc) is 2.91. The van der Waals surface area contributed by atoms with Crippen molar-refractivity contribution < 1.29 is 28.1 Å². The topological polar surface area (TPSA) is 131 Å². The number of nitrogens with two attached hydrogens (primary N) is 1. The number of benzene rings is 2. The van der Waals surface area contributed by atoms with Crippen molar-refractivity contribution in [1.29, 1.82) is 0 Å². The minimum Gasteiger partial charge on any atom is -0.444 e. The van der Waals surface area contributed by atoms with Crippen LogP contribution in [0.4, 0.5) is 21.0 Å². The first-order valence-corrected chi connectivity index (χ1v) is 16.9. The van der Waals surface area contributed by atoms with E-state index in [0.29, 0.717) is 57.3 Å². The molecular formula is C31H42BrClN4O6S. The zero-order valence-corrected chi connectivity index (χ0v) is 29.5. The second-order valence-electron chi connectivity index (χ2n) is 12.5. The number of nitrogen functional groups attached to an aromatic ring is 1. The van der Waals surface area contributed by atoms with Gasteiger partial charge in [-0.1, -0.05) is 18.5 Å². The standard InChI is InChI=1S/C31H42BrClN4O6S/c1-8-44(41)26-10-9-20(33)15-19(26)18-35-27(38)22-16-23(32)25(17-24(22)34)37(29(40)43-31(5,6)7)21-11-13-36(14-12-21)28(39)42-30(2,3)4/h9-10,15-17,21H,8,11-14,18,34H2,1-7H3,(H,35,38). The number of likely N-dealkylation sites (tertiary alicyclic amines) is 1. The molecule has 3 amide bonds. The van der Waals surface area contributed by atoms with Crippen molar-refractivity contribution in [3.63, 3.8) is 0 Å². The predicted octanol–water partition coefficient (Wildman–Crippen LogP) is 6.88. The summed E-state index contributed by atoms with van der Waals surface area (Å²) in [6, 6.07) is 7.88. The maximum absolute atomic E-state index is 13.6. The minimum atomic E-state index is -1.23. The second kappa shape index (κ2) is 14.5. The van der Waals surface area contributed by atoms with Gasteiger partial charge in [0.2, 0.25) is 0 Å². The van der Waals surface area contributed by atoms with Gasteiger partial charge >= 0.3 is 12.2 Å². The summed E-state index contributed by atoms with van der Waals surface area (Å²) in [5.74, 6) is -0.0181. The van der Waals surface area contributed by atoms with E-state index in [2.05, 4.69) is 21.2 Å². The van der Waals surface area contributed by atoms with Crippen LogP contribution in [0.15, 0.2) is 39.7 Å². The summed E-state index contributed by atoms with van der Waals surface area (Å²) in [5.41, 5.74) is 6.47. The molecule has 1 heterocycles. The molecule has 1 saturated heterocycles. The lowest BCUT2D eigenvalue weighted by Crippen LogP contribution is -2.51. The number of ether oxygens (including phenoxy) is 2. The van der Waals surface area contributed by atoms with Crippen LogP contribution in [0.3, 0.4) is 0 Å². The molecule has 1 unspecified atom stereocenters. The zero-order chi connectivity index (χ0) is 33.0. The Morgan fingerprint density at radius 3 is 2.25 bits per heavy atom. The van der Waals surface area contributed by atoms with E-state index in [9.17, 15) is 18.6 Å². The summed E-state index contributed by atoms with van der Waals surface area (Å²) in [7, 11) is -1.23. The van der Waals surface area contributed by atoms with Gasteiger partial charge in [-0.15, -0.1) is 0 Å². The van der Waals surface area contributed by atoms with Crippen molar-refractivity contribution in [2.75, 3.05) is 29.5 Å². The molecule has 2 aromatic rings. The Morgan fingerprint density at radius 1 is 1.07 bits per heavy atom. The van der Waals surface area contributed by atoms with Crippen molar-refractivity contribution in [2.45, 2.75) is 90.0 Å². The summed E-state index contributed by atoms with van der Waals surface area (Å²) >= 11 is 9.71. The fourth-order valence-electron chi connectivity index (χ4n) is 4.68. The van der Waals surface area contributed by atoms with E-state index < -0.39 is 40.1 Å². The summed E-state index contributed by atoms with van der Waals surface area (Å²) in [6.45, 7) is 13.5. The Kier molecular flexibility index (Phi) is 11.8. The molecule has 1 aliphatic heterocycles. The average molecular weight is 714 g/mol. The molecule has 0 saturated carbocycles. The lowest BCUT2D eigenvalue weighted by atomic mass is 10.0. The lowest BCUT2D eigenvalue weighted by molar-refractivity contribution is 0.0200. The van der Waals surface area contributed by atoms with E-state index in [4.69, 9.17) is 26.8 Å². The molecule has 10 nitrogen and oxygen atoms in total. The first-order chi connectivity index (χ1) is 20.4. The third kappa shape index (κ3) is 9.58. The van der Waals surface area contributed by atoms with E-state index in [1.807, 2.05) is 27.7 Å². The first kappa shape index (κ1) is 35.6. The summed E-state index contributed by atoms with van der Waals surface area (Å²) in [4.78, 5) is 43.2. The first-order valence-electron chi connectivity index (χ1n) is 14.4. The van der Waals surface area contributed by atoms with Gasteiger partial charge in [-0.05, 0) is 106 Å². The predicted molar refractivity (Wildman–Crippen MR) is 178 cm³/mol. The largest absolute Gasteiger partial charge is 0.444 e. The molecule has 1 aliphatic rings. The molecule has 1 fully saturated rings. The third-order valence-corrected chi connectivity index (χ3v) is 8.95. The number of carbonyl (C=O) groups excluding carboxylic acids is 3. The molecule has 0 aliphatic carbocycles. The SMILES string of the molecule is CCS(=O)c1ccc(Cl)cc1CNC(=O)c1cc(Br)c(N(C(=O)OC(C)(C)C)C2CCN(C(=O)OC(C)(C)C)CC2)cc1N. The number of carbonyl (C=O) groups is 3. The van der Waals surface area contributed by atoms with E-state index in [-0.39, 0.29) is 23.8 Å². The van der Waals surface area contributed by atoms with Gasteiger partial charge in [-0.3, -0.25) is 13.9 Å². The van der Waals surface area contributed by atoms with Gasteiger partial charge in [-0.2, -0.15) is 0 Å². The van der Waals surface area contributed by atoms with Gasteiger partial charge in [0.1, 0.15) is 11.2 Å². The Hall–Kier alpha value is -2.83. The quantitative estimate of drug-likeness (QED) is 0.299. The fourth-order valence-corrected chi connectivity index (χ4v) is 6.37. The monoisotopic (exact) mass is 712 g/mol. The Bertz CT molecular complexity index is 1420. The summed E-state index contributed by atoms with van der Waals surface area (Å²) in [6.07, 6.45) is -0.00294. The van der Waals surface area contributed by atoms with Crippen LogP contribution in [0.25, 0.3) is 0 Å². The van der Waals surface area contributed by atoms with E-state index in [0.717, 1.165) is 0 Å². The molecular weight excluding hydrogens is 672 g/mol. The van der Waals surface area contributed by atoms with E-state index >= 15 is 0 Å². The molecule has 3 rings (SSSR count). The van der Waals surface area contributed by atoms with Crippen molar-refractivity contribution in [3.8, 4) is 0 Å². The van der Waals surface area contributed by atoms with E-state index in [1.54, 1.807) is 56.0 Å². The van der Waals surface area contributed by atoms with Crippen LogP contribution < -0.4 is 16.0 Å². The van der Waals surface area contributed by atoms with Gasteiger partial charge in [0.25, 0.3) is 5.91 Å². The number of halogens is 2. The van der Waals surface area contributed by atoms with Crippen molar-refractivity contribution in [1.82, 2.24) is 10.2 Å². The Labute approximate surface area is 275 Å². The van der Waals surface area contributed by atoms with Gasteiger partial charge in [0, 0.05) is 51.5 Å². The number of anilines is 2. The van der Waals surface area contributed by atoms with Gasteiger partial charge in [-0.25, -0.2) is 9.59 Å². The molecule has 0 aromatic heterocycles. The fraction of sp³-hybridized carbons (Fsp3) is 0.516. The molecule has 242 valence electrons. The Morgan fingerprint density at radius 2 is 1.68 bits per heavy atom. The van der Waals surface area contributed by atoms with Crippen LogP contribution in [0, 0.1) is 0 Å². The van der Waals surface area contributed by atoms with Crippen LogP contribution >= 0.6 is 27.5 Å². The number of hydrogen-bond acceptors (Lipinski definition) is 7. The van der Waals surface area contributed by atoms with Crippen LogP contribution in [-0.4, -0.2) is 63.3 Å². The van der Waals surface area contributed by atoms with Gasteiger partial charge < -0.3 is 25.4 Å². The van der Waals surface area contributed by atoms with Crippen LogP contribution in [0.2, 0.25) is 5.02 Å². The maximum atomic E-state index is 13.6. The second-order valence-corrected chi connectivity index (χ2v) is 15.5. The van der Waals surface area contributed by atoms with Crippen LogP contribution in [0.5, 0.6) is 0 Å². The number of hydrogen-bond donors (Lipinski definition) is 2. The van der Waals surface area contributed by atoms with Crippen LogP contribution in [-0.2, 0) is 26.8 Å². The maximum Gasteiger partial charge on any atom is 0.415 e. The normalized spacial score (nSPS) is 15.0. The zero-order valence-electron chi connectivity index (χ0n) is 26.3. The highest BCUT2D eigenvalue weighted by Gasteiger charge is 2.36. The highest BCUT2D eigenvalue weighted by Crippen LogP contribution is 2.36. The minimum absolute atomic E-state index is 0.0968. The van der Waals surface area contributed by atoms with Gasteiger partial charge in [0.05, 0.1) is 22.1 Å². The van der Waals surface area contributed by atoms with Crippen molar-refractivity contribution in [3.05, 3.63) is 51.0 Å². The molecule has 1 atom stereocenters. The van der Waals surface area contributed by atoms with Crippen LogP contribution in [0.1, 0.15) is 77.2 Å². The molecule has 44 heavy (non-hydrogen) atoms. The molecule has 0 bridgehead atoms. The molecule has 3 N–H and O–H groups in total. The molecule has 0 radical (unpaired) electrons. The Balaban J connectivity index is 1.86. The molecule has 2 aromatic carbocycles. The molecule has 0 spiro atoms. The highest BCUT2D eigenvalue weighted by atomic mass is 79.9. The van der Waals surface area contributed by atoms with Crippen molar-refractivity contribution in [2.24, 2.45) is 0 Å². The lowest BCUT2D eigenvalue weighted by Gasteiger charge is -2.39. The van der Waals surface area contributed by atoms with E-state index in [1.165, 1.54) is 4.90 Å². The smallest absolute Gasteiger partial charge is 0.415 e. The summed E-state index contributed by atoms with van der Waals surface area (Å²) < 4.78 is 24.2. The number of nitrogens with one attached hydrogen (secondary N) is 1. The highest BCUT2D eigenvalue weighted by molar-refractivity contribution is 9.10. The molecule has 13 heteroatoms.